The molecule has 0 spiro atoms. The van der Waals surface area contributed by atoms with E-state index in [0.717, 1.165) is 30.8 Å². The Morgan fingerprint density at radius 3 is 2.67 bits per heavy atom. The van der Waals surface area contributed by atoms with Gasteiger partial charge in [-0.25, -0.2) is 0 Å². The van der Waals surface area contributed by atoms with Crippen molar-refractivity contribution in [1.29, 1.82) is 0 Å². The van der Waals surface area contributed by atoms with Gasteiger partial charge in [-0.3, -0.25) is 9.59 Å². The van der Waals surface area contributed by atoms with E-state index in [1.807, 2.05) is 0 Å². The highest BCUT2D eigenvalue weighted by Gasteiger charge is 2.18. The molecule has 0 radical (unpaired) electrons. The molecule has 1 saturated heterocycles. The van der Waals surface area contributed by atoms with Crippen LogP contribution in [0.4, 0.5) is 0 Å². The number of nitrogens with zero attached hydrogens (tertiary/aromatic N) is 1. The average molecular weight is 264 g/mol. The van der Waals surface area contributed by atoms with E-state index in [9.17, 15) is 9.59 Å². The van der Waals surface area contributed by atoms with E-state index in [4.69, 9.17) is 0 Å². The van der Waals surface area contributed by atoms with Crippen LogP contribution >= 0.6 is 12.6 Å². The second kappa shape index (κ2) is 5.91. The van der Waals surface area contributed by atoms with Gasteiger partial charge >= 0.3 is 0 Å². The predicted octanol–water partition coefficient (Wildman–Crippen LogP) is 1.33. The van der Waals surface area contributed by atoms with Crippen molar-refractivity contribution < 1.29 is 9.59 Å². The maximum absolute atomic E-state index is 11.8. The van der Waals surface area contributed by atoms with Crippen molar-refractivity contribution in [2.75, 3.05) is 19.6 Å². The summed E-state index contributed by atoms with van der Waals surface area (Å²) in [6, 6.07) is 6.95. The molecule has 1 fully saturated rings. The van der Waals surface area contributed by atoms with Gasteiger partial charge in [0, 0.05) is 23.5 Å². The summed E-state index contributed by atoms with van der Waals surface area (Å²) in [6.07, 6.45) is 2.11. The first kappa shape index (κ1) is 13.0. The van der Waals surface area contributed by atoms with E-state index >= 15 is 0 Å². The van der Waals surface area contributed by atoms with E-state index in [1.54, 1.807) is 29.2 Å². The van der Waals surface area contributed by atoms with Crippen LogP contribution in [0.3, 0.4) is 0 Å². The van der Waals surface area contributed by atoms with Crippen LogP contribution in [0.5, 0.6) is 0 Å². The maximum Gasteiger partial charge on any atom is 0.251 e. The first-order chi connectivity index (χ1) is 8.66. The van der Waals surface area contributed by atoms with Gasteiger partial charge < -0.3 is 10.2 Å². The quantitative estimate of drug-likeness (QED) is 0.809. The lowest BCUT2D eigenvalue weighted by atomic mass is 10.2. The molecule has 0 saturated carbocycles. The zero-order valence-electron chi connectivity index (χ0n) is 10.1. The molecule has 1 N–H and O–H groups in total. The molecule has 0 bridgehead atoms. The monoisotopic (exact) mass is 264 g/mol. The summed E-state index contributed by atoms with van der Waals surface area (Å²) in [6.45, 7) is 1.68. The van der Waals surface area contributed by atoms with E-state index in [0.29, 0.717) is 5.56 Å². The lowest BCUT2D eigenvalue weighted by Crippen LogP contribution is -2.38. The minimum Gasteiger partial charge on any atom is -0.343 e. The first-order valence-electron chi connectivity index (χ1n) is 6.02. The highest BCUT2D eigenvalue weighted by Crippen LogP contribution is 2.09. The SMILES string of the molecule is O=C(NCC(=O)N1CCCC1)c1cccc(S)c1. The van der Waals surface area contributed by atoms with Crippen LogP contribution < -0.4 is 5.32 Å². The molecular weight excluding hydrogens is 248 g/mol. The molecule has 0 atom stereocenters. The Labute approximate surface area is 112 Å². The van der Waals surface area contributed by atoms with Crippen LogP contribution in [0, 0.1) is 0 Å². The van der Waals surface area contributed by atoms with Crippen molar-refractivity contribution in [3.8, 4) is 0 Å². The van der Waals surface area contributed by atoms with E-state index in [-0.39, 0.29) is 18.4 Å². The summed E-state index contributed by atoms with van der Waals surface area (Å²) in [7, 11) is 0. The number of nitrogens with one attached hydrogen (secondary N) is 1. The molecule has 0 aromatic heterocycles. The second-order valence-corrected chi connectivity index (χ2v) is 4.84. The Kier molecular flexibility index (Phi) is 4.25. The minimum absolute atomic E-state index is 0.0112. The number of rotatable bonds is 3. The van der Waals surface area contributed by atoms with Crippen molar-refractivity contribution in [1.82, 2.24) is 10.2 Å². The molecule has 1 aliphatic heterocycles. The van der Waals surface area contributed by atoms with Gasteiger partial charge in [0.15, 0.2) is 0 Å². The van der Waals surface area contributed by atoms with Gasteiger partial charge in [0.1, 0.15) is 0 Å². The van der Waals surface area contributed by atoms with Crippen molar-refractivity contribution in [2.45, 2.75) is 17.7 Å². The summed E-state index contributed by atoms with van der Waals surface area (Å²) < 4.78 is 0. The zero-order chi connectivity index (χ0) is 13.0. The Bertz CT molecular complexity index is 456. The summed E-state index contributed by atoms with van der Waals surface area (Å²) >= 11 is 4.17. The van der Waals surface area contributed by atoms with Gasteiger partial charge in [-0.1, -0.05) is 6.07 Å². The molecular formula is C13H16N2O2S. The van der Waals surface area contributed by atoms with Gasteiger partial charge in [-0.15, -0.1) is 12.6 Å². The zero-order valence-corrected chi connectivity index (χ0v) is 11.0. The second-order valence-electron chi connectivity index (χ2n) is 4.32. The van der Waals surface area contributed by atoms with Crippen LogP contribution in [0.2, 0.25) is 0 Å². The van der Waals surface area contributed by atoms with Crippen molar-refractivity contribution >= 4 is 24.4 Å². The summed E-state index contributed by atoms with van der Waals surface area (Å²) in [5, 5.41) is 2.64. The molecule has 5 heteroatoms. The average Bonchev–Trinajstić information content (AvgIpc) is 2.89. The standard InChI is InChI=1S/C13H16N2O2S/c16-12(15-6-1-2-7-15)9-14-13(17)10-4-3-5-11(18)8-10/h3-5,8,18H,1-2,6-7,9H2,(H,14,17). The predicted molar refractivity (Wildman–Crippen MR) is 71.8 cm³/mol. The Balaban J connectivity index is 1.86. The normalized spacial score (nSPS) is 14.6. The minimum atomic E-state index is -0.238. The smallest absolute Gasteiger partial charge is 0.251 e. The third kappa shape index (κ3) is 3.26. The van der Waals surface area contributed by atoms with Gasteiger partial charge in [0.05, 0.1) is 6.54 Å². The molecule has 2 amide bonds. The van der Waals surface area contributed by atoms with E-state index in [2.05, 4.69) is 17.9 Å². The van der Waals surface area contributed by atoms with Gasteiger partial charge in [-0.05, 0) is 31.0 Å². The van der Waals surface area contributed by atoms with Gasteiger partial charge in [-0.2, -0.15) is 0 Å². The van der Waals surface area contributed by atoms with E-state index in [1.165, 1.54) is 0 Å². The van der Waals surface area contributed by atoms with Gasteiger partial charge in [0.2, 0.25) is 5.91 Å². The molecule has 1 aromatic rings. The molecule has 1 aromatic carbocycles. The highest BCUT2D eigenvalue weighted by atomic mass is 32.1. The number of benzene rings is 1. The number of carbonyl (C=O) groups excluding carboxylic acids is 2. The Morgan fingerprint density at radius 1 is 1.28 bits per heavy atom. The molecule has 0 aliphatic carbocycles. The van der Waals surface area contributed by atoms with Crippen molar-refractivity contribution in [3.63, 3.8) is 0 Å². The third-order valence-electron chi connectivity index (χ3n) is 2.97. The lowest BCUT2D eigenvalue weighted by molar-refractivity contribution is -0.129. The van der Waals surface area contributed by atoms with Crippen LogP contribution in [0.25, 0.3) is 0 Å². The van der Waals surface area contributed by atoms with Crippen molar-refractivity contribution in [2.24, 2.45) is 0 Å². The molecule has 2 rings (SSSR count). The number of likely N-dealkylation sites (tertiary alicyclic amines) is 1. The van der Waals surface area contributed by atoms with E-state index < -0.39 is 0 Å². The van der Waals surface area contributed by atoms with Crippen LogP contribution in [0.1, 0.15) is 23.2 Å². The summed E-state index contributed by atoms with van der Waals surface area (Å²) in [5.41, 5.74) is 0.525. The fourth-order valence-electron chi connectivity index (χ4n) is 1.98. The first-order valence-corrected chi connectivity index (χ1v) is 6.46. The molecule has 0 unspecified atom stereocenters. The van der Waals surface area contributed by atoms with Crippen LogP contribution in [-0.2, 0) is 4.79 Å². The number of hydrogen-bond donors (Lipinski definition) is 2. The molecule has 18 heavy (non-hydrogen) atoms. The summed E-state index contributed by atoms with van der Waals surface area (Å²) in [4.78, 5) is 26.1. The fourth-order valence-corrected chi connectivity index (χ4v) is 2.21. The number of carbonyl (C=O) groups is 2. The van der Waals surface area contributed by atoms with Crippen LogP contribution in [0.15, 0.2) is 29.2 Å². The molecule has 96 valence electrons. The fraction of sp³-hybridized carbons (Fsp3) is 0.385. The molecule has 4 nitrogen and oxygen atoms in total. The number of hydrogen-bond acceptors (Lipinski definition) is 3. The summed E-state index contributed by atoms with van der Waals surface area (Å²) in [5.74, 6) is -0.249. The highest BCUT2D eigenvalue weighted by molar-refractivity contribution is 7.80. The third-order valence-corrected chi connectivity index (χ3v) is 3.25. The van der Waals surface area contributed by atoms with Crippen LogP contribution in [-0.4, -0.2) is 36.3 Å². The maximum atomic E-state index is 11.8. The largest absolute Gasteiger partial charge is 0.343 e. The number of amides is 2. The lowest BCUT2D eigenvalue weighted by Gasteiger charge is -2.15. The van der Waals surface area contributed by atoms with Crippen molar-refractivity contribution in [3.05, 3.63) is 29.8 Å². The topological polar surface area (TPSA) is 49.4 Å². The Hall–Kier alpha value is -1.49. The number of thiol groups is 1. The molecule has 1 aliphatic rings. The van der Waals surface area contributed by atoms with Gasteiger partial charge in [0.25, 0.3) is 5.91 Å². The Morgan fingerprint density at radius 2 is 2.00 bits per heavy atom. The molecule has 1 heterocycles.